The first kappa shape index (κ1) is 14.9. The van der Waals surface area contributed by atoms with Gasteiger partial charge in [0.1, 0.15) is 6.61 Å². The fourth-order valence-corrected chi connectivity index (χ4v) is 2.60. The molecule has 1 atom stereocenters. The highest BCUT2D eigenvalue weighted by molar-refractivity contribution is 5.67. The summed E-state index contributed by atoms with van der Waals surface area (Å²) in [5.41, 5.74) is 1.28. The number of alkyl carbamates (subject to hydrolysis) is 1. The molecule has 5 nitrogen and oxygen atoms in total. The Balaban J connectivity index is 1.79. The topological polar surface area (TPSA) is 57.4 Å². The standard InChI is InChI=1S/C15H25N3O2/c1-2-7-17-15(19)20-12-14-5-3-4-9-18(14)11-13-6-8-16-10-13/h6,8,10,14,16H,2-5,7,9,11-12H2,1H3,(H,17,19). The Morgan fingerprint density at radius 2 is 2.45 bits per heavy atom. The zero-order chi connectivity index (χ0) is 14.2. The second-order valence-corrected chi connectivity index (χ2v) is 5.36. The van der Waals surface area contributed by atoms with E-state index in [2.05, 4.69) is 21.3 Å². The number of aromatic amines is 1. The van der Waals surface area contributed by atoms with Crippen LogP contribution in [0.1, 0.15) is 38.2 Å². The molecule has 0 bridgehead atoms. The number of piperidine rings is 1. The molecule has 0 aromatic carbocycles. The smallest absolute Gasteiger partial charge is 0.407 e. The second-order valence-electron chi connectivity index (χ2n) is 5.36. The number of likely N-dealkylation sites (tertiary alicyclic amines) is 1. The van der Waals surface area contributed by atoms with Crippen LogP contribution in [0.25, 0.3) is 0 Å². The molecule has 1 fully saturated rings. The lowest BCUT2D eigenvalue weighted by atomic mass is 10.0. The van der Waals surface area contributed by atoms with Crippen molar-refractivity contribution in [1.29, 1.82) is 0 Å². The van der Waals surface area contributed by atoms with Crippen LogP contribution in [0.15, 0.2) is 18.5 Å². The number of H-pyrrole nitrogens is 1. The van der Waals surface area contributed by atoms with Crippen LogP contribution in [0, 0.1) is 0 Å². The number of aromatic nitrogens is 1. The molecule has 1 saturated heterocycles. The van der Waals surface area contributed by atoms with Crippen LogP contribution in [0.2, 0.25) is 0 Å². The van der Waals surface area contributed by atoms with Gasteiger partial charge in [0.25, 0.3) is 0 Å². The molecule has 0 radical (unpaired) electrons. The van der Waals surface area contributed by atoms with Gasteiger partial charge in [-0.3, -0.25) is 4.90 Å². The van der Waals surface area contributed by atoms with Gasteiger partial charge in [0.05, 0.1) is 0 Å². The van der Waals surface area contributed by atoms with Crippen LogP contribution in [-0.2, 0) is 11.3 Å². The minimum atomic E-state index is -0.293. The quantitative estimate of drug-likeness (QED) is 0.841. The molecule has 0 aliphatic carbocycles. The summed E-state index contributed by atoms with van der Waals surface area (Å²) in [6.45, 7) is 5.19. The van der Waals surface area contributed by atoms with E-state index in [4.69, 9.17) is 4.74 Å². The summed E-state index contributed by atoms with van der Waals surface area (Å²) in [6, 6.07) is 2.44. The summed E-state index contributed by atoms with van der Waals surface area (Å²) >= 11 is 0. The molecule has 1 aliphatic rings. The lowest BCUT2D eigenvalue weighted by Gasteiger charge is -2.35. The normalized spacial score (nSPS) is 19.8. The van der Waals surface area contributed by atoms with Gasteiger partial charge in [-0.15, -0.1) is 0 Å². The van der Waals surface area contributed by atoms with E-state index in [0.717, 1.165) is 25.9 Å². The maximum absolute atomic E-state index is 11.5. The third-order valence-electron chi connectivity index (χ3n) is 3.72. The Bertz CT molecular complexity index is 392. The molecule has 20 heavy (non-hydrogen) atoms. The van der Waals surface area contributed by atoms with Crippen LogP contribution < -0.4 is 5.32 Å². The van der Waals surface area contributed by atoms with E-state index in [-0.39, 0.29) is 6.09 Å². The van der Waals surface area contributed by atoms with Gasteiger partial charge in [0, 0.05) is 31.5 Å². The van der Waals surface area contributed by atoms with Gasteiger partial charge in [0.15, 0.2) is 0 Å². The summed E-state index contributed by atoms with van der Waals surface area (Å²) in [5, 5.41) is 2.75. The Kier molecular flexibility index (Phi) is 5.92. The zero-order valence-electron chi connectivity index (χ0n) is 12.2. The third-order valence-corrected chi connectivity index (χ3v) is 3.72. The molecular weight excluding hydrogens is 254 g/mol. The van der Waals surface area contributed by atoms with Crippen molar-refractivity contribution in [2.45, 2.75) is 45.2 Å². The van der Waals surface area contributed by atoms with E-state index in [1.807, 2.05) is 19.3 Å². The third kappa shape index (κ3) is 4.56. The fraction of sp³-hybridized carbons (Fsp3) is 0.667. The lowest BCUT2D eigenvalue weighted by molar-refractivity contribution is 0.0641. The first-order chi connectivity index (χ1) is 9.79. The molecule has 5 heteroatoms. The predicted octanol–water partition coefficient (Wildman–Crippen LogP) is 2.51. The molecule has 1 aromatic rings. The zero-order valence-corrected chi connectivity index (χ0v) is 12.2. The minimum Gasteiger partial charge on any atom is -0.448 e. The van der Waals surface area contributed by atoms with Crippen LogP contribution in [0.5, 0.6) is 0 Å². The molecule has 1 unspecified atom stereocenters. The average Bonchev–Trinajstić information content (AvgIpc) is 2.97. The van der Waals surface area contributed by atoms with E-state index >= 15 is 0 Å². The van der Waals surface area contributed by atoms with Gasteiger partial charge < -0.3 is 15.0 Å². The number of ether oxygens (including phenoxy) is 1. The van der Waals surface area contributed by atoms with Gasteiger partial charge in [0.2, 0.25) is 0 Å². The SMILES string of the molecule is CCCNC(=O)OCC1CCCCN1Cc1cc[nH]c1. The number of hydrogen-bond acceptors (Lipinski definition) is 3. The van der Waals surface area contributed by atoms with Crippen LogP contribution in [0.3, 0.4) is 0 Å². The molecule has 0 saturated carbocycles. The van der Waals surface area contributed by atoms with Gasteiger partial charge in [-0.2, -0.15) is 0 Å². The second kappa shape index (κ2) is 7.94. The Morgan fingerprint density at radius 3 is 3.20 bits per heavy atom. The van der Waals surface area contributed by atoms with Crippen molar-refractivity contribution >= 4 is 6.09 Å². The largest absolute Gasteiger partial charge is 0.448 e. The van der Waals surface area contributed by atoms with Crippen molar-refractivity contribution in [3.8, 4) is 0 Å². The van der Waals surface area contributed by atoms with Gasteiger partial charge in [-0.1, -0.05) is 13.3 Å². The first-order valence-electron chi connectivity index (χ1n) is 7.56. The number of hydrogen-bond donors (Lipinski definition) is 2. The number of nitrogens with one attached hydrogen (secondary N) is 2. The van der Waals surface area contributed by atoms with Crippen molar-refractivity contribution in [2.75, 3.05) is 19.7 Å². The maximum Gasteiger partial charge on any atom is 0.407 e. The Morgan fingerprint density at radius 1 is 1.55 bits per heavy atom. The molecule has 1 amide bonds. The maximum atomic E-state index is 11.5. The van der Waals surface area contributed by atoms with E-state index in [9.17, 15) is 4.79 Å². The highest BCUT2D eigenvalue weighted by Gasteiger charge is 2.23. The lowest BCUT2D eigenvalue weighted by Crippen LogP contribution is -2.43. The first-order valence-corrected chi connectivity index (χ1v) is 7.56. The van der Waals surface area contributed by atoms with E-state index in [0.29, 0.717) is 19.2 Å². The van der Waals surface area contributed by atoms with E-state index in [1.165, 1.54) is 18.4 Å². The molecule has 112 valence electrons. The number of nitrogens with zero attached hydrogens (tertiary/aromatic N) is 1. The minimum absolute atomic E-state index is 0.293. The molecule has 1 aliphatic heterocycles. The van der Waals surface area contributed by atoms with Gasteiger partial charge in [-0.25, -0.2) is 4.79 Å². The fourth-order valence-electron chi connectivity index (χ4n) is 2.60. The molecule has 2 rings (SSSR count). The monoisotopic (exact) mass is 279 g/mol. The van der Waals surface area contributed by atoms with Crippen LogP contribution in [0.4, 0.5) is 4.79 Å². The number of carbonyl (C=O) groups excluding carboxylic acids is 1. The van der Waals surface area contributed by atoms with Gasteiger partial charge in [-0.05, 0) is 37.4 Å². The number of rotatable bonds is 6. The van der Waals surface area contributed by atoms with Crippen molar-refractivity contribution in [2.24, 2.45) is 0 Å². The van der Waals surface area contributed by atoms with Crippen LogP contribution >= 0.6 is 0 Å². The molecular formula is C15H25N3O2. The number of carbonyl (C=O) groups is 1. The summed E-state index contributed by atoms with van der Waals surface area (Å²) in [5.74, 6) is 0. The van der Waals surface area contributed by atoms with Crippen molar-refractivity contribution in [3.05, 3.63) is 24.0 Å². The predicted molar refractivity (Wildman–Crippen MR) is 78.5 cm³/mol. The van der Waals surface area contributed by atoms with E-state index in [1.54, 1.807) is 0 Å². The number of amides is 1. The average molecular weight is 279 g/mol. The highest BCUT2D eigenvalue weighted by Crippen LogP contribution is 2.19. The molecule has 2 heterocycles. The van der Waals surface area contributed by atoms with Crippen molar-refractivity contribution < 1.29 is 9.53 Å². The van der Waals surface area contributed by atoms with Crippen molar-refractivity contribution in [1.82, 2.24) is 15.2 Å². The van der Waals surface area contributed by atoms with E-state index < -0.39 is 0 Å². The Labute approximate surface area is 120 Å². The van der Waals surface area contributed by atoms with Gasteiger partial charge >= 0.3 is 6.09 Å². The van der Waals surface area contributed by atoms with Crippen molar-refractivity contribution in [3.63, 3.8) is 0 Å². The summed E-state index contributed by atoms with van der Waals surface area (Å²) in [4.78, 5) is 17.0. The highest BCUT2D eigenvalue weighted by atomic mass is 16.5. The summed E-state index contributed by atoms with van der Waals surface area (Å²) < 4.78 is 5.33. The molecule has 2 N–H and O–H groups in total. The molecule has 1 aromatic heterocycles. The Hall–Kier alpha value is -1.49. The van der Waals surface area contributed by atoms with Crippen LogP contribution in [-0.4, -0.2) is 41.7 Å². The summed E-state index contributed by atoms with van der Waals surface area (Å²) in [7, 11) is 0. The summed E-state index contributed by atoms with van der Waals surface area (Å²) in [6.07, 6.45) is 8.16. The molecule has 0 spiro atoms.